The van der Waals surface area contributed by atoms with Crippen molar-refractivity contribution in [1.82, 2.24) is 9.21 Å². The predicted molar refractivity (Wildman–Crippen MR) is 88.7 cm³/mol. The van der Waals surface area contributed by atoms with Crippen LogP contribution in [0.2, 0.25) is 0 Å². The first kappa shape index (κ1) is 17.2. The molecule has 2 rings (SSSR count). The molecule has 1 fully saturated rings. The lowest BCUT2D eigenvalue weighted by atomic mass is 10.2. The van der Waals surface area contributed by atoms with E-state index in [4.69, 9.17) is 11.6 Å². The molecule has 0 N–H and O–H groups in total. The van der Waals surface area contributed by atoms with Crippen LogP contribution in [-0.4, -0.2) is 50.3 Å². The fraction of sp³-hybridized carbons (Fsp3) is 0.714. The van der Waals surface area contributed by atoms with E-state index in [2.05, 4.69) is 11.8 Å². The molecule has 1 aliphatic heterocycles. The zero-order valence-corrected chi connectivity index (χ0v) is 15.2. The molecule has 0 saturated carbocycles. The van der Waals surface area contributed by atoms with Crippen molar-refractivity contribution >= 4 is 33.0 Å². The fourth-order valence-corrected chi connectivity index (χ4v) is 5.83. The third-order valence-corrected chi connectivity index (χ3v) is 7.69. The average Bonchev–Trinajstić information content (AvgIpc) is 3.04. The van der Waals surface area contributed by atoms with Crippen molar-refractivity contribution in [3.05, 3.63) is 15.8 Å². The summed E-state index contributed by atoms with van der Waals surface area (Å²) in [4.78, 5) is 4.48. The van der Waals surface area contributed by atoms with Crippen LogP contribution in [0.1, 0.15) is 29.5 Å². The van der Waals surface area contributed by atoms with Crippen LogP contribution in [0, 0.1) is 6.92 Å². The number of sulfonamides is 1. The van der Waals surface area contributed by atoms with Crippen molar-refractivity contribution in [3.8, 4) is 0 Å². The Morgan fingerprint density at radius 1 is 1.52 bits per heavy atom. The number of rotatable bonds is 6. The minimum absolute atomic E-state index is 0.334. The van der Waals surface area contributed by atoms with Gasteiger partial charge in [0, 0.05) is 29.4 Å². The number of alkyl halides is 1. The van der Waals surface area contributed by atoms with Gasteiger partial charge in [0.1, 0.15) is 0 Å². The van der Waals surface area contributed by atoms with Gasteiger partial charge in [-0.2, -0.15) is 4.31 Å². The maximum absolute atomic E-state index is 12.7. The Bertz CT molecular complexity index is 586. The Balaban J connectivity index is 2.16. The van der Waals surface area contributed by atoms with E-state index in [1.807, 2.05) is 6.92 Å². The monoisotopic (exact) mass is 350 g/mol. The Morgan fingerprint density at radius 2 is 2.24 bits per heavy atom. The molecule has 1 atom stereocenters. The normalized spacial score (nSPS) is 20.5. The maximum atomic E-state index is 12.7. The highest BCUT2D eigenvalue weighted by Crippen LogP contribution is 2.29. The molecular weight excluding hydrogens is 328 g/mol. The summed E-state index contributed by atoms with van der Waals surface area (Å²) in [5.74, 6) is 0.358. The van der Waals surface area contributed by atoms with Gasteiger partial charge in [0.2, 0.25) is 10.0 Å². The minimum Gasteiger partial charge on any atom is -0.299 e. The topological polar surface area (TPSA) is 40.6 Å². The quantitative estimate of drug-likeness (QED) is 0.741. The largest absolute Gasteiger partial charge is 0.299 e. The van der Waals surface area contributed by atoms with Gasteiger partial charge in [-0.3, -0.25) is 4.90 Å². The summed E-state index contributed by atoms with van der Waals surface area (Å²) in [5, 5.41) is 0. The Kier molecular flexibility index (Phi) is 5.71. The summed E-state index contributed by atoms with van der Waals surface area (Å²) in [6.07, 6.45) is 2.23. The van der Waals surface area contributed by atoms with Gasteiger partial charge >= 0.3 is 0 Å². The van der Waals surface area contributed by atoms with Crippen LogP contribution in [0.3, 0.4) is 0 Å². The van der Waals surface area contributed by atoms with Crippen molar-refractivity contribution in [2.45, 2.75) is 43.5 Å². The van der Waals surface area contributed by atoms with E-state index in [1.165, 1.54) is 15.6 Å². The molecule has 120 valence electrons. The summed E-state index contributed by atoms with van der Waals surface area (Å²) in [7, 11) is -1.74. The van der Waals surface area contributed by atoms with E-state index in [0.717, 1.165) is 35.7 Å². The van der Waals surface area contributed by atoms with Crippen molar-refractivity contribution in [1.29, 1.82) is 0 Å². The van der Waals surface area contributed by atoms with E-state index >= 15 is 0 Å². The lowest BCUT2D eigenvalue weighted by Crippen LogP contribution is -2.41. The smallest absolute Gasteiger partial charge is 0.243 e. The third-order valence-electron chi connectivity index (χ3n) is 4.12. The second-order valence-corrected chi connectivity index (χ2v) is 9.10. The van der Waals surface area contributed by atoms with Gasteiger partial charge in [-0.05, 0) is 38.9 Å². The standard InChI is InChI=1S/C14H23ClN2O2S2/c1-4-17-7-5-6-12(17)10-16(3)21(18,19)14-8-13(9-15)20-11(14)2/h8,12H,4-7,9-10H2,1-3H3. The molecule has 7 heteroatoms. The summed E-state index contributed by atoms with van der Waals surface area (Å²) < 4.78 is 27.0. The number of hydrogen-bond donors (Lipinski definition) is 0. The Morgan fingerprint density at radius 3 is 2.81 bits per heavy atom. The van der Waals surface area contributed by atoms with Gasteiger partial charge in [0.05, 0.1) is 10.8 Å². The van der Waals surface area contributed by atoms with E-state index < -0.39 is 10.0 Å². The molecule has 0 amide bonds. The number of thiophene rings is 1. The molecule has 2 heterocycles. The van der Waals surface area contributed by atoms with E-state index in [1.54, 1.807) is 13.1 Å². The predicted octanol–water partition coefficient (Wildman–Crippen LogP) is 2.90. The lowest BCUT2D eigenvalue weighted by molar-refractivity contribution is 0.237. The van der Waals surface area contributed by atoms with Crippen LogP contribution in [0.15, 0.2) is 11.0 Å². The average molecular weight is 351 g/mol. The van der Waals surface area contributed by atoms with Gasteiger partial charge in [-0.15, -0.1) is 22.9 Å². The molecule has 0 aliphatic carbocycles. The number of likely N-dealkylation sites (N-methyl/N-ethyl adjacent to an activating group) is 2. The maximum Gasteiger partial charge on any atom is 0.243 e. The molecule has 0 radical (unpaired) electrons. The zero-order valence-electron chi connectivity index (χ0n) is 12.8. The first-order chi connectivity index (χ1) is 9.90. The van der Waals surface area contributed by atoms with Gasteiger partial charge in [0.15, 0.2) is 0 Å². The molecule has 1 aromatic rings. The number of likely N-dealkylation sites (tertiary alicyclic amines) is 1. The van der Waals surface area contributed by atoms with Crippen LogP contribution in [0.25, 0.3) is 0 Å². The summed E-state index contributed by atoms with van der Waals surface area (Å²) in [5.41, 5.74) is 0. The van der Waals surface area contributed by atoms with E-state index in [0.29, 0.717) is 23.4 Å². The zero-order chi connectivity index (χ0) is 15.6. The SMILES string of the molecule is CCN1CCCC1CN(C)S(=O)(=O)c1cc(CCl)sc1C. The minimum atomic E-state index is -3.42. The molecule has 1 unspecified atom stereocenters. The Labute approximate surface area is 136 Å². The first-order valence-corrected chi connectivity index (χ1v) is 10.0. The van der Waals surface area contributed by atoms with Gasteiger partial charge < -0.3 is 0 Å². The van der Waals surface area contributed by atoms with Crippen molar-refractivity contribution < 1.29 is 8.42 Å². The molecule has 4 nitrogen and oxygen atoms in total. The van der Waals surface area contributed by atoms with Crippen LogP contribution >= 0.6 is 22.9 Å². The van der Waals surface area contributed by atoms with Crippen molar-refractivity contribution in [2.24, 2.45) is 0 Å². The molecule has 0 spiro atoms. The van der Waals surface area contributed by atoms with Crippen molar-refractivity contribution in [2.75, 3.05) is 26.7 Å². The molecular formula is C14H23ClN2O2S2. The fourth-order valence-electron chi connectivity index (χ4n) is 2.93. The highest BCUT2D eigenvalue weighted by molar-refractivity contribution is 7.89. The first-order valence-electron chi connectivity index (χ1n) is 7.25. The number of halogens is 1. The molecule has 21 heavy (non-hydrogen) atoms. The Hall–Kier alpha value is -0.140. The van der Waals surface area contributed by atoms with Gasteiger partial charge in [0.25, 0.3) is 0 Å². The molecule has 1 aliphatic rings. The van der Waals surface area contributed by atoms with Crippen LogP contribution in [-0.2, 0) is 15.9 Å². The molecule has 1 saturated heterocycles. The summed E-state index contributed by atoms with van der Waals surface area (Å²) in [6, 6.07) is 2.05. The number of hydrogen-bond acceptors (Lipinski definition) is 4. The summed E-state index contributed by atoms with van der Waals surface area (Å²) in [6.45, 7) is 6.58. The van der Waals surface area contributed by atoms with Crippen molar-refractivity contribution in [3.63, 3.8) is 0 Å². The van der Waals surface area contributed by atoms with Crippen LogP contribution in [0.5, 0.6) is 0 Å². The van der Waals surface area contributed by atoms with Crippen LogP contribution < -0.4 is 0 Å². The number of aryl methyl sites for hydroxylation is 1. The highest BCUT2D eigenvalue weighted by Gasteiger charge is 2.30. The van der Waals surface area contributed by atoms with Gasteiger partial charge in [-0.25, -0.2) is 8.42 Å². The highest BCUT2D eigenvalue weighted by atomic mass is 35.5. The van der Waals surface area contributed by atoms with E-state index in [9.17, 15) is 8.42 Å². The molecule has 0 aromatic carbocycles. The second kappa shape index (κ2) is 6.96. The third kappa shape index (κ3) is 3.62. The molecule has 0 bridgehead atoms. The summed E-state index contributed by atoms with van der Waals surface area (Å²) >= 11 is 7.27. The van der Waals surface area contributed by atoms with Crippen LogP contribution in [0.4, 0.5) is 0 Å². The number of nitrogens with zero attached hydrogens (tertiary/aromatic N) is 2. The van der Waals surface area contributed by atoms with Gasteiger partial charge in [-0.1, -0.05) is 6.92 Å². The van der Waals surface area contributed by atoms with E-state index in [-0.39, 0.29) is 0 Å². The second-order valence-electron chi connectivity index (χ2n) is 5.48. The molecule has 1 aromatic heterocycles. The lowest BCUT2D eigenvalue weighted by Gasteiger charge is -2.27.